The number of carbonyl (C=O) groups is 2. The molecule has 1 aliphatic heterocycles. The zero-order valence-electron chi connectivity index (χ0n) is 18.5. The van der Waals surface area contributed by atoms with Crippen molar-refractivity contribution in [3.8, 4) is 5.75 Å². The first-order chi connectivity index (χ1) is 16.1. The summed E-state index contributed by atoms with van der Waals surface area (Å²) in [6, 6.07) is 17.9. The summed E-state index contributed by atoms with van der Waals surface area (Å²) in [6.07, 6.45) is 0. The lowest BCUT2D eigenvalue weighted by molar-refractivity contribution is -0.121. The van der Waals surface area contributed by atoms with Crippen LogP contribution in [0.5, 0.6) is 5.75 Å². The molecule has 2 amide bonds. The number of ether oxygens (including phenoxy) is 1. The molecule has 0 aliphatic carbocycles. The standard InChI is InChI=1S/C24H22ClN3O5S/c1-27(2)34(31,32)20-9-6-17(7-10-20)24(30)26-19-8-11-22-21(13-19)28(23(29)15-33-22)14-16-4-3-5-18(25)12-16/h3-13H,14-15H2,1-2H3,(H,26,30). The van der Waals surface area contributed by atoms with Crippen LogP contribution in [0.2, 0.25) is 5.02 Å². The minimum Gasteiger partial charge on any atom is -0.482 e. The van der Waals surface area contributed by atoms with Crippen LogP contribution in [0.4, 0.5) is 11.4 Å². The van der Waals surface area contributed by atoms with Crippen LogP contribution in [-0.4, -0.2) is 45.2 Å². The molecule has 0 unspecified atom stereocenters. The number of benzene rings is 3. The van der Waals surface area contributed by atoms with Crippen LogP contribution < -0.4 is 15.0 Å². The van der Waals surface area contributed by atoms with E-state index < -0.39 is 15.9 Å². The van der Waals surface area contributed by atoms with Crippen LogP contribution in [0.3, 0.4) is 0 Å². The summed E-state index contributed by atoms with van der Waals surface area (Å²) in [7, 11) is -0.705. The highest BCUT2D eigenvalue weighted by Gasteiger charge is 2.26. The van der Waals surface area contributed by atoms with Crippen molar-refractivity contribution in [1.82, 2.24) is 4.31 Å². The van der Waals surface area contributed by atoms with Gasteiger partial charge in [0.05, 0.1) is 17.1 Å². The van der Waals surface area contributed by atoms with E-state index in [1.165, 1.54) is 38.4 Å². The largest absolute Gasteiger partial charge is 0.482 e. The van der Waals surface area contributed by atoms with Crippen molar-refractivity contribution in [2.45, 2.75) is 11.4 Å². The molecule has 3 aromatic rings. The van der Waals surface area contributed by atoms with Gasteiger partial charge in [-0.2, -0.15) is 0 Å². The maximum absolute atomic E-state index is 12.8. The van der Waals surface area contributed by atoms with Crippen molar-refractivity contribution in [3.05, 3.63) is 82.9 Å². The van der Waals surface area contributed by atoms with Crippen LogP contribution in [-0.2, 0) is 21.4 Å². The number of hydrogen-bond donors (Lipinski definition) is 1. The third kappa shape index (κ3) is 4.91. The molecule has 0 spiro atoms. The maximum Gasteiger partial charge on any atom is 0.265 e. The number of nitrogens with zero attached hydrogens (tertiary/aromatic N) is 2. The van der Waals surface area contributed by atoms with Crippen molar-refractivity contribution >= 4 is 44.8 Å². The molecule has 0 radical (unpaired) electrons. The van der Waals surface area contributed by atoms with Gasteiger partial charge in [0, 0.05) is 30.4 Å². The molecule has 1 aliphatic rings. The second-order valence-electron chi connectivity index (χ2n) is 7.85. The molecule has 1 heterocycles. The van der Waals surface area contributed by atoms with Crippen LogP contribution in [0, 0.1) is 0 Å². The Morgan fingerprint density at radius 3 is 2.50 bits per heavy atom. The summed E-state index contributed by atoms with van der Waals surface area (Å²) in [6.45, 7) is 0.219. The Labute approximate surface area is 202 Å². The number of sulfonamides is 1. The third-order valence-corrected chi connectivity index (χ3v) is 7.35. The Balaban J connectivity index is 1.55. The Bertz CT molecular complexity index is 1360. The molecule has 0 fully saturated rings. The summed E-state index contributed by atoms with van der Waals surface area (Å²) in [5.41, 5.74) is 2.14. The van der Waals surface area contributed by atoms with Crippen molar-refractivity contribution in [2.75, 3.05) is 30.9 Å². The molecule has 1 N–H and O–H groups in total. The molecule has 0 saturated heterocycles. The first-order valence-corrected chi connectivity index (χ1v) is 12.1. The van der Waals surface area contributed by atoms with E-state index in [0.29, 0.717) is 34.3 Å². The molecule has 0 bridgehead atoms. The van der Waals surface area contributed by atoms with E-state index in [-0.39, 0.29) is 17.4 Å². The quantitative estimate of drug-likeness (QED) is 0.557. The van der Waals surface area contributed by atoms with E-state index in [1.807, 2.05) is 12.1 Å². The van der Waals surface area contributed by atoms with Crippen molar-refractivity contribution in [2.24, 2.45) is 0 Å². The summed E-state index contributed by atoms with van der Waals surface area (Å²) in [5.74, 6) is -0.107. The van der Waals surface area contributed by atoms with Gasteiger partial charge in [-0.1, -0.05) is 23.7 Å². The number of halogens is 1. The van der Waals surface area contributed by atoms with Gasteiger partial charge in [-0.3, -0.25) is 9.59 Å². The Morgan fingerprint density at radius 2 is 1.82 bits per heavy atom. The minimum absolute atomic E-state index is 0.0819. The van der Waals surface area contributed by atoms with Gasteiger partial charge < -0.3 is 15.0 Å². The predicted molar refractivity (Wildman–Crippen MR) is 130 cm³/mol. The number of amides is 2. The van der Waals surface area contributed by atoms with Gasteiger partial charge in [-0.15, -0.1) is 0 Å². The molecular weight excluding hydrogens is 478 g/mol. The van der Waals surface area contributed by atoms with E-state index >= 15 is 0 Å². The monoisotopic (exact) mass is 499 g/mol. The van der Waals surface area contributed by atoms with E-state index in [1.54, 1.807) is 35.2 Å². The molecule has 10 heteroatoms. The SMILES string of the molecule is CN(C)S(=O)(=O)c1ccc(C(=O)Nc2ccc3c(c2)N(Cc2cccc(Cl)c2)C(=O)CO3)cc1. The molecular formula is C24H22ClN3O5S. The second kappa shape index (κ2) is 9.46. The number of anilines is 2. The summed E-state index contributed by atoms with van der Waals surface area (Å²) in [5, 5.41) is 3.36. The van der Waals surface area contributed by atoms with Gasteiger partial charge in [0.25, 0.3) is 11.8 Å². The Kier molecular flexibility index (Phi) is 6.60. The molecule has 4 rings (SSSR count). The number of rotatable bonds is 6. The van der Waals surface area contributed by atoms with Crippen LogP contribution >= 0.6 is 11.6 Å². The fraction of sp³-hybridized carbons (Fsp3) is 0.167. The van der Waals surface area contributed by atoms with Gasteiger partial charge in [0.1, 0.15) is 5.75 Å². The minimum atomic E-state index is -3.59. The summed E-state index contributed by atoms with van der Waals surface area (Å²) < 4.78 is 31.1. The molecule has 0 aromatic heterocycles. The Hall–Kier alpha value is -3.40. The van der Waals surface area contributed by atoms with Crippen LogP contribution in [0.15, 0.2) is 71.6 Å². The summed E-state index contributed by atoms with van der Waals surface area (Å²) in [4.78, 5) is 27.0. The number of nitrogens with one attached hydrogen (secondary N) is 1. The van der Waals surface area contributed by atoms with Crippen molar-refractivity contribution < 1.29 is 22.7 Å². The van der Waals surface area contributed by atoms with E-state index in [4.69, 9.17) is 16.3 Å². The number of fused-ring (bicyclic) bond motifs is 1. The first kappa shape index (κ1) is 23.7. The average molecular weight is 500 g/mol. The highest BCUT2D eigenvalue weighted by Crippen LogP contribution is 2.36. The van der Waals surface area contributed by atoms with E-state index in [9.17, 15) is 18.0 Å². The zero-order chi connectivity index (χ0) is 24.5. The number of hydrogen-bond acceptors (Lipinski definition) is 5. The lowest BCUT2D eigenvalue weighted by Crippen LogP contribution is -2.38. The molecule has 0 saturated carbocycles. The normalized spacial score (nSPS) is 13.4. The molecule has 3 aromatic carbocycles. The summed E-state index contributed by atoms with van der Waals surface area (Å²) >= 11 is 6.08. The molecule has 176 valence electrons. The fourth-order valence-corrected chi connectivity index (χ4v) is 4.58. The van der Waals surface area contributed by atoms with Gasteiger partial charge in [-0.25, -0.2) is 12.7 Å². The van der Waals surface area contributed by atoms with Gasteiger partial charge in [-0.05, 0) is 60.2 Å². The average Bonchev–Trinajstić information content (AvgIpc) is 2.81. The van der Waals surface area contributed by atoms with Gasteiger partial charge in [0.15, 0.2) is 6.61 Å². The molecule has 8 nitrogen and oxygen atoms in total. The smallest absolute Gasteiger partial charge is 0.265 e. The molecule has 0 atom stereocenters. The van der Waals surface area contributed by atoms with E-state index in [2.05, 4.69) is 5.32 Å². The lowest BCUT2D eigenvalue weighted by Gasteiger charge is -2.30. The van der Waals surface area contributed by atoms with Crippen LogP contribution in [0.25, 0.3) is 0 Å². The highest BCUT2D eigenvalue weighted by atomic mass is 35.5. The van der Waals surface area contributed by atoms with Gasteiger partial charge >= 0.3 is 0 Å². The molecule has 34 heavy (non-hydrogen) atoms. The van der Waals surface area contributed by atoms with Crippen LogP contribution in [0.1, 0.15) is 15.9 Å². The van der Waals surface area contributed by atoms with Crippen molar-refractivity contribution in [3.63, 3.8) is 0 Å². The maximum atomic E-state index is 12.8. The predicted octanol–water partition coefficient (Wildman–Crippen LogP) is 3.77. The zero-order valence-corrected chi connectivity index (χ0v) is 20.1. The topological polar surface area (TPSA) is 96.0 Å². The fourth-order valence-electron chi connectivity index (χ4n) is 3.46. The lowest BCUT2D eigenvalue weighted by atomic mass is 10.1. The third-order valence-electron chi connectivity index (χ3n) is 5.28. The second-order valence-corrected chi connectivity index (χ2v) is 10.4. The van der Waals surface area contributed by atoms with Crippen molar-refractivity contribution in [1.29, 1.82) is 0 Å². The first-order valence-electron chi connectivity index (χ1n) is 10.3. The highest BCUT2D eigenvalue weighted by molar-refractivity contribution is 7.89. The van der Waals surface area contributed by atoms with Gasteiger partial charge in [0.2, 0.25) is 10.0 Å². The Morgan fingerprint density at radius 1 is 1.09 bits per heavy atom. The number of carbonyl (C=O) groups excluding carboxylic acids is 2. The van der Waals surface area contributed by atoms with E-state index in [0.717, 1.165) is 9.87 Å².